The third-order valence-electron chi connectivity index (χ3n) is 2.04. The molecular weight excluding hydrogens is 158 g/mol. The van der Waals surface area contributed by atoms with Crippen LogP contribution in [0, 0.1) is 17.8 Å². The summed E-state index contributed by atoms with van der Waals surface area (Å²) in [5, 5.41) is 3.39. The predicted octanol–water partition coefficient (Wildman–Crippen LogP) is 2.81. The molecule has 1 N–H and O–H groups in total. The summed E-state index contributed by atoms with van der Waals surface area (Å²) >= 11 is 0. The Kier molecular flexibility index (Phi) is 5.82. The first-order valence-electron chi connectivity index (χ1n) is 5.19. The Morgan fingerprint density at radius 2 is 2.00 bits per heavy atom. The molecule has 0 aromatic heterocycles. The van der Waals surface area contributed by atoms with Gasteiger partial charge in [0.05, 0.1) is 6.04 Å². The molecule has 76 valence electrons. The molecule has 0 bridgehead atoms. The molecule has 1 heteroatoms. The van der Waals surface area contributed by atoms with Gasteiger partial charge in [0.25, 0.3) is 0 Å². The van der Waals surface area contributed by atoms with Crippen LogP contribution in [0.3, 0.4) is 0 Å². The van der Waals surface area contributed by atoms with E-state index in [9.17, 15) is 0 Å². The van der Waals surface area contributed by atoms with Crippen molar-refractivity contribution in [3.05, 3.63) is 0 Å². The van der Waals surface area contributed by atoms with Crippen molar-refractivity contribution < 1.29 is 0 Å². The lowest BCUT2D eigenvalue weighted by atomic mass is 9.92. The van der Waals surface area contributed by atoms with Gasteiger partial charge in [-0.15, -0.1) is 6.42 Å². The quantitative estimate of drug-likeness (QED) is 0.643. The Morgan fingerprint density at radius 1 is 1.38 bits per heavy atom. The number of rotatable bonds is 5. The molecule has 0 aromatic carbocycles. The summed E-state index contributed by atoms with van der Waals surface area (Å²) in [7, 11) is 0. The highest BCUT2D eigenvalue weighted by atomic mass is 14.9. The van der Waals surface area contributed by atoms with Crippen LogP contribution in [-0.4, -0.2) is 12.6 Å². The molecule has 0 heterocycles. The van der Waals surface area contributed by atoms with Crippen LogP contribution in [0.4, 0.5) is 0 Å². The number of hydrogen-bond acceptors (Lipinski definition) is 1. The highest BCUT2D eigenvalue weighted by Crippen LogP contribution is 2.17. The van der Waals surface area contributed by atoms with Crippen LogP contribution in [0.15, 0.2) is 0 Å². The van der Waals surface area contributed by atoms with E-state index in [0.717, 1.165) is 19.4 Å². The molecule has 0 saturated carbocycles. The van der Waals surface area contributed by atoms with E-state index < -0.39 is 0 Å². The van der Waals surface area contributed by atoms with E-state index in [1.54, 1.807) is 0 Å². The zero-order valence-corrected chi connectivity index (χ0v) is 9.48. The topological polar surface area (TPSA) is 12.0 Å². The molecule has 0 aliphatic carbocycles. The second kappa shape index (κ2) is 6.05. The highest BCUT2D eigenvalue weighted by Gasteiger charge is 2.10. The van der Waals surface area contributed by atoms with Gasteiger partial charge >= 0.3 is 0 Å². The summed E-state index contributed by atoms with van der Waals surface area (Å²) in [6.07, 6.45) is 8.81. The third-order valence-corrected chi connectivity index (χ3v) is 2.04. The van der Waals surface area contributed by atoms with Crippen molar-refractivity contribution in [2.45, 2.75) is 53.0 Å². The predicted molar refractivity (Wildman–Crippen MR) is 59.6 cm³/mol. The minimum atomic E-state index is 0.271. The van der Waals surface area contributed by atoms with Gasteiger partial charge in [-0.2, -0.15) is 0 Å². The molecule has 0 aliphatic heterocycles. The minimum absolute atomic E-state index is 0.271. The van der Waals surface area contributed by atoms with E-state index in [1.807, 2.05) is 0 Å². The summed E-state index contributed by atoms with van der Waals surface area (Å²) in [6, 6.07) is 0.271. The van der Waals surface area contributed by atoms with Crippen molar-refractivity contribution >= 4 is 0 Å². The maximum absolute atomic E-state index is 5.40. The van der Waals surface area contributed by atoms with Crippen LogP contribution in [0.1, 0.15) is 47.0 Å². The van der Waals surface area contributed by atoms with Gasteiger partial charge in [0.15, 0.2) is 0 Å². The van der Waals surface area contributed by atoms with Crippen molar-refractivity contribution in [3.63, 3.8) is 0 Å². The second-order valence-electron chi connectivity index (χ2n) is 4.77. The molecule has 1 nitrogen and oxygen atoms in total. The van der Waals surface area contributed by atoms with E-state index >= 15 is 0 Å². The molecule has 13 heavy (non-hydrogen) atoms. The highest BCUT2D eigenvalue weighted by molar-refractivity contribution is 4.98. The van der Waals surface area contributed by atoms with Gasteiger partial charge in [-0.05, 0) is 24.8 Å². The second-order valence-corrected chi connectivity index (χ2v) is 4.77. The van der Waals surface area contributed by atoms with E-state index in [4.69, 9.17) is 6.42 Å². The molecule has 0 amide bonds. The number of hydrogen-bond donors (Lipinski definition) is 1. The molecule has 0 radical (unpaired) electrons. The van der Waals surface area contributed by atoms with Crippen molar-refractivity contribution in [3.8, 4) is 12.3 Å². The first kappa shape index (κ1) is 12.5. The van der Waals surface area contributed by atoms with E-state index in [-0.39, 0.29) is 6.04 Å². The average molecular weight is 181 g/mol. The van der Waals surface area contributed by atoms with Gasteiger partial charge < -0.3 is 5.32 Å². The first-order valence-corrected chi connectivity index (χ1v) is 5.19. The standard InChI is InChI=1S/C12H23N/c1-6-8-11(7-2)13-10-9-12(3,4)5/h2,11,13H,6,8-10H2,1,3-5H3. The van der Waals surface area contributed by atoms with Gasteiger partial charge in [0.2, 0.25) is 0 Å². The first-order chi connectivity index (χ1) is 5.99. The van der Waals surface area contributed by atoms with E-state index in [2.05, 4.69) is 38.9 Å². The molecule has 0 aliphatic rings. The Balaban J connectivity index is 3.57. The van der Waals surface area contributed by atoms with Gasteiger partial charge in [-0.25, -0.2) is 0 Å². The SMILES string of the molecule is C#CC(CCC)NCCC(C)(C)C. The largest absolute Gasteiger partial charge is 0.304 e. The molecule has 0 rings (SSSR count). The van der Waals surface area contributed by atoms with Crippen molar-refractivity contribution in [1.29, 1.82) is 0 Å². The normalized spacial score (nSPS) is 13.8. The van der Waals surface area contributed by atoms with Crippen LogP contribution in [0.2, 0.25) is 0 Å². The average Bonchev–Trinajstić information content (AvgIpc) is 2.01. The Hall–Kier alpha value is -0.480. The van der Waals surface area contributed by atoms with E-state index in [0.29, 0.717) is 5.41 Å². The van der Waals surface area contributed by atoms with Crippen LogP contribution in [0.5, 0.6) is 0 Å². The monoisotopic (exact) mass is 181 g/mol. The fraction of sp³-hybridized carbons (Fsp3) is 0.833. The molecular formula is C12H23N. The van der Waals surface area contributed by atoms with Crippen LogP contribution in [-0.2, 0) is 0 Å². The summed E-state index contributed by atoms with van der Waals surface area (Å²) in [6.45, 7) is 9.94. The maximum atomic E-state index is 5.40. The summed E-state index contributed by atoms with van der Waals surface area (Å²) < 4.78 is 0. The lowest BCUT2D eigenvalue weighted by molar-refractivity contribution is 0.360. The number of terminal acetylenes is 1. The summed E-state index contributed by atoms with van der Waals surface area (Å²) in [4.78, 5) is 0. The zero-order chi connectivity index (χ0) is 10.3. The Morgan fingerprint density at radius 3 is 2.38 bits per heavy atom. The zero-order valence-electron chi connectivity index (χ0n) is 9.48. The summed E-state index contributed by atoms with van der Waals surface area (Å²) in [5.41, 5.74) is 0.401. The molecule has 0 fully saturated rings. The van der Waals surface area contributed by atoms with Gasteiger partial charge in [0.1, 0.15) is 0 Å². The fourth-order valence-corrected chi connectivity index (χ4v) is 1.15. The molecule has 0 spiro atoms. The molecule has 1 atom stereocenters. The van der Waals surface area contributed by atoms with Gasteiger partial charge in [-0.3, -0.25) is 0 Å². The molecule has 0 aromatic rings. The lowest BCUT2D eigenvalue weighted by Crippen LogP contribution is -2.30. The van der Waals surface area contributed by atoms with E-state index in [1.165, 1.54) is 6.42 Å². The maximum Gasteiger partial charge on any atom is 0.0686 e. The smallest absolute Gasteiger partial charge is 0.0686 e. The molecule has 1 unspecified atom stereocenters. The van der Waals surface area contributed by atoms with Gasteiger partial charge in [-0.1, -0.05) is 40.0 Å². The fourth-order valence-electron chi connectivity index (χ4n) is 1.15. The molecule has 0 saturated heterocycles. The minimum Gasteiger partial charge on any atom is -0.304 e. The Bertz CT molecular complexity index is 159. The van der Waals surface area contributed by atoms with Crippen molar-refractivity contribution in [2.75, 3.05) is 6.54 Å². The summed E-state index contributed by atoms with van der Waals surface area (Å²) in [5.74, 6) is 2.78. The van der Waals surface area contributed by atoms with Gasteiger partial charge in [0, 0.05) is 0 Å². The van der Waals surface area contributed by atoms with Crippen LogP contribution >= 0.6 is 0 Å². The van der Waals surface area contributed by atoms with Crippen LogP contribution < -0.4 is 5.32 Å². The van der Waals surface area contributed by atoms with Crippen molar-refractivity contribution in [2.24, 2.45) is 5.41 Å². The van der Waals surface area contributed by atoms with Crippen LogP contribution in [0.25, 0.3) is 0 Å². The number of nitrogens with one attached hydrogen (secondary N) is 1. The lowest BCUT2D eigenvalue weighted by Gasteiger charge is -2.20. The van der Waals surface area contributed by atoms with Crippen molar-refractivity contribution in [1.82, 2.24) is 5.32 Å². The third kappa shape index (κ3) is 7.87. The Labute approximate surface area is 83.3 Å².